The highest BCUT2D eigenvalue weighted by Crippen LogP contribution is 2.14. The van der Waals surface area contributed by atoms with Crippen LogP contribution in [-0.4, -0.2) is 12.6 Å². The lowest BCUT2D eigenvalue weighted by Crippen LogP contribution is -2.13. The largest absolute Gasteiger partial charge is 0.462 e. The number of halogens is 1. The molecule has 3 nitrogen and oxygen atoms in total. The maximum atomic E-state index is 12.9. The first-order valence-electron chi connectivity index (χ1n) is 5.80. The number of carbonyl (C=O) groups excluding carboxylic acids is 1. The number of nitrogen functional groups attached to an aromatic ring is 1. The van der Waals surface area contributed by atoms with Gasteiger partial charge in [0.25, 0.3) is 0 Å². The van der Waals surface area contributed by atoms with Gasteiger partial charge in [-0.25, -0.2) is 9.18 Å². The number of esters is 1. The van der Waals surface area contributed by atoms with Crippen LogP contribution in [0.15, 0.2) is 18.2 Å². The second-order valence-corrected chi connectivity index (χ2v) is 4.02. The molecule has 0 fully saturated rings. The van der Waals surface area contributed by atoms with Gasteiger partial charge in [-0.15, -0.1) is 0 Å². The Hall–Kier alpha value is -1.58. The van der Waals surface area contributed by atoms with Crippen LogP contribution in [0, 0.1) is 11.7 Å². The Morgan fingerprint density at radius 2 is 2.06 bits per heavy atom. The fraction of sp³-hybridized carbons (Fsp3) is 0.462. The minimum absolute atomic E-state index is 0.0398. The monoisotopic (exact) mass is 239 g/mol. The molecule has 0 atom stereocenters. The molecule has 0 aromatic heterocycles. The van der Waals surface area contributed by atoms with Crippen molar-refractivity contribution in [3.8, 4) is 0 Å². The summed E-state index contributed by atoms with van der Waals surface area (Å²) in [7, 11) is 0. The maximum absolute atomic E-state index is 12.9. The van der Waals surface area contributed by atoms with Gasteiger partial charge in [-0.1, -0.05) is 26.7 Å². The second-order valence-electron chi connectivity index (χ2n) is 4.02. The van der Waals surface area contributed by atoms with Crippen LogP contribution in [0.4, 0.5) is 10.1 Å². The molecule has 17 heavy (non-hydrogen) atoms. The van der Waals surface area contributed by atoms with Crippen molar-refractivity contribution in [2.75, 3.05) is 12.3 Å². The van der Waals surface area contributed by atoms with E-state index in [1.807, 2.05) is 0 Å². The van der Waals surface area contributed by atoms with E-state index in [-0.39, 0.29) is 11.3 Å². The van der Waals surface area contributed by atoms with Gasteiger partial charge in [0.05, 0.1) is 17.9 Å². The van der Waals surface area contributed by atoms with Gasteiger partial charge in [-0.2, -0.15) is 0 Å². The number of carbonyl (C=O) groups is 1. The van der Waals surface area contributed by atoms with E-state index in [0.717, 1.165) is 12.8 Å². The Morgan fingerprint density at radius 3 is 2.59 bits per heavy atom. The summed E-state index contributed by atoms with van der Waals surface area (Å²) in [4.78, 5) is 11.6. The van der Waals surface area contributed by atoms with Crippen LogP contribution in [0.2, 0.25) is 0 Å². The van der Waals surface area contributed by atoms with Crippen LogP contribution in [0.3, 0.4) is 0 Å². The van der Waals surface area contributed by atoms with Crippen LogP contribution in [0.5, 0.6) is 0 Å². The first kappa shape index (κ1) is 13.5. The van der Waals surface area contributed by atoms with Crippen LogP contribution < -0.4 is 5.73 Å². The highest BCUT2D eigenvalue weighted by Gasteiger charge is 2.12. The van der Waals surface area contributed by atoms with Crippen LogP contribution in [0.25, 0.3) is 0 Å². The van der Waals surface area contributed by atoms with Gasteiger partial charge in [0.1, 0.15) is 5.82 Å². The fourth-order valence-electron chi connectivity index (χ4n) is 1.47. The van der Waals surface area contributed by atoms with Crippen LogP contribution in [0.1, 0.15) is 37.0 Å². The summed E-state index contributed by atoms with van der Waals surface area (Å²) in [5.74, 6) is -0.609. The number of nitrogens with two attached hydrogens (primary N) is 1. The van der Waals surface area contributed by atoms with Gasteiger partial charge in [-0.3, -0.25) is 0 Å². The average molecular weight is 239 g/mol. The van der Waals surface area contributed by atoms with Crippen molar-refractivity contribution in [1.29, 1.82) is 0 Å². The molecular weight excluding hydrogens is 221 g/mol. The molecule has 1 aromatic rings. The van der Waals surface area contributed by atoms with Crippen molar-refractivity contribution < 1.29 is 13.9 Å². The van der Waals surface area contributed by atoms with Gasteiger partial charge in [0.15, 0.2) is 0 Å². The van der Waals surface area contributed by atoms with Crippen molar-refractivity contribution in [3.05, 3.63) is 29.6 Å². The molecule has 0 spiro atoms. The molecule has 0 aliphatic heterocycles. The highest BCUT2D eigenvalue weighted by molar-refractivity contribution is 5.90. The third-order valence-corrected chi connectivity index (χ3v) is 2.84. The van der Waals surface area contributed by atoms with Crippen molar-refractivity contribution in [3.63, 3.8) is 0 Å². The summed E-state index contributed by atoms with van der Waals surface area (Å²) in [5, 5.41) is 0. The summed E-state index contributed by atoms with van der Waals surface area (Å²) >= 11 is 0. The smallest absolute Gasteiger partial charge is 0.338 e. The zero-order valence-electron chi connectivity index (χ0n) is 10.2. The summed E-state index contributed by atoms with van der Waals surface area (Å²) in [6, 6.07) is 3.84. The summed E-state index contributed by atoms with van der Waals surface area (Å²) in [6.07, 6.45) is 1.94. The first-order chi connectivity index (χ1) is 8.08. The molecule has 4 heteroatoms. The first-order valence-corrected chi connectivity index (χ1v) is 5.80. The molecule has 0 aliphatic rings. The van der Waals surface area contributed by atoms with Gasteiger partial charge >= 0.3 is 5.97 Å². The standard InChI is InChI=1S/C13H18FNO2/c1-3-9(4-2)8-17-13(16)10-5-6-11(14)12(15)7-10/h5-7,9H,3-4,8,15H2,1-2H3. The number of hydrogen-bond donors (Lipinski definition) is 1. The lowest BCUT2D eigenvalue weighted by molar-refractivity contribution is 0.0433. The molecule has 1 aromatic carbocycles. The van der Waals surface area contributed by atoms with Crippen molar-refractivity contribution in [2.24, 2.45) is 5.92 Å². The Morgan fingerprint density at radius 1 is 1.41 bits per heavy atom. The van der Waals surface area contributed by atoms with E-state index >= 15 is 0 Å². The molecular formula is C13H18FNO2. The predicted octanol–water partition coefficient (Wildman–Crippen LogP) is 3.00. The number of rotatable bonds is 5. The summed E-state index contributed by atoms with van der Waals surface area (Å²) in [5.41, 5.74) is 5.63. The van der Waals surface area contributed by atoms with Gasteiger partial charge in [-0.05, 0) is 24.1 Å². The van der Waals surface area contributed by atoms with Crippen molar-refractivity contribution >= 4 is 11.7 Å². The molecule has 2 N–H and O–H groups in total. The van der Waals surface area contributed by atoms with Gasteiger partial charge in [0.2, 0.25) is 0 Å². The molecule has 0 radical (unpaired) electrons. The van der Waals surface area contributed by atoms with E-state index in [4.69, 9.17) is 10.5 Å². The molecule has 0 saturated carbocycles. The Balaban J connectivity index is 2.61. The second kappa shape index (κ2) is 6.23. The Labute approximate surface area is 101 Å². The lowest BCUT2D eigenvalue weighted by Gasteiger charge is -2.12. The summed E-state index contributed by atoms with van der Waals surface area (Å²) < 4.78 is 18.1. The van der Waals surface area contributed by atoms with E-state index in [9.17, 15) is 9.18 Å². The van der Waals surface area contributed by atoms with Gasteiger partial charge in [0, 0.05) is 0 Å². The van der Waals surface area contributed by atoms with E-state index in [1.54, 1.807) is 0 Å². The molecule has 0 bridgehead atoms. The molecule has 1 rings (SSSR count). The number of hydrogen-bond acceptors (Lipinski definition) is 3. The minimum atomic E-state index is -0.526. The number of ether oxygens (including phenoxy) is 1. The van der Waals surface area contributed by atoms with Gasteiger partial charge < -0.3 is 10.5 Å². The molecule has 0 heterocycles. The maximum Gasteiger partial charge on any atom is 0.338 e. The summed E-state index contributed by atoms with van der Waals surface area (Å²) in [6.45, 7) is 4.50. The zero-order valence-corrected chi connectivity index (χ0v) is 10.2. The van der Waals surface area contributed by atoms with E-state index in [2.05, 4.69) is 13.8 Å². The Kier molecular flexibility index (Phi) is 4.94. The lowest BCUT2D eigenvalue weighted by atomic mass is 10.1. The SMILES string of the molecule is CCC(CC)COC(=O)c1ccc(F)c(N)c1. The third kappa shape index (κ3) is 3.73. The van der Waals surface area contributed by atoms with Crippen molar-refractivity contribution in [2.45, 2.75) is 26.7 Å². The predicted molar refractivity (Wildman–Crippen MR) is 65.2 cm³/mol. The molecule has 94 valence electrons. The quantitative estimate of drug-likeness (QED) is 0.634. The minimum Gasteiger partial charge on any atom is -0.462 e. The molecule has 0 aliphatic carbocycles. The van der Waals surface area contributed by atoms with Crippen molar-refractivity contribution in [1.82, 2.24) is 0 Å². The van der Waals surface area contributed by atoms with E-state index in [1.165, 1.54) is 18.2 Å². The number of anilines is 1. The average Bonchev–Trinajstić information content (AvgIpc) is 2.33. The normalized spacial score (nSPS) is 10.6. The zero-order chi connectivity index (χ0) is 12.8. The fourth-order valence-corrected chi connectivity index (χ4v) is 1.47. The number of benzene rings is 1. The van der Waals surface area contributed by atoms with Crippen LogP contribution in [-0.2, 0) is 4.74 Å². The van der Waals surface area contributed by atoms with E-state index < -0.39 is 11.8 Å². The Bertz CT molecular complexity index is 389. The topological polar surface area (TPSA) is 52.3 Å². The third-order valence-electron chi connectivity index (χ3n) is 2.84. The van der Waals surface area contributed by atoms with Crippen LogP contribution >= 0.6 is 0 Å². The van der Waals surface area contributed by atoms with E-state index in [0.29, 0.717) is 12.5 Å². The molecule has 0 unspecified atom stereocenters. The molecule has 0 amide bonds. The highest BCUT2D eigenvalue weighted by atomic mass is 19.1. The molecule has 0 saturated heterocycles.